The summed E-state index contributed by atoms with van der Waals surface area (Å²) in [4.78, 5) is 10.7. The average Bonchev–Trinajstić information content (AvgIpc) is 2.37. The molecule has 18 heavy (non-hydrogen) atoms. The summed E-state index contributed by atoms with van der Waals surface area (Å²) in [5, 5.41) is 8.79. The van der Waals surface area contributed by atoms with Crippen LogP contribution in [0.15, 0.2) is 53.0 Å². The van der Waals surface area contributed by atoms with Gasteiger partial charge in [-0.2, -0.15) is 0 Å². The Hall–Kier alpha value is -1.87. The fraction of sp³-hybridized carbons (Fsp3) is 0. The van der Waals surface area contributed by atoms with Gasteiger partial charge in [-0.3, -0.25) is 0 Å². The molecule has 2 aromatic carbocycles. The minimum Gasteiger partial charge on any atom is -0.478 e. The molecule has 0 unspecified atom stereocenters. The van der Waals surface area contributed by atoms with Gasteiger partial charge in [0.15, 0.2) is 0 Å². The lowest BCUT2D eigenvalue weighted by Gasteiger charge is -1.97. The molecule has 0 aliphatic heterocycles. The Labute approximate surface area is 114 Å². The number of carboxylic acid groups (broad SMARTS) is 1. The summed E-state index contributed by atoms with van der Waals surface area (Å²) >= 11 is 3.41. The summed E-state index contributed by atoms with van der Waals surface area (Å²) in [6.07, 6.45) is 3.94. The fourth-order valence-corrected chi connectivity index (χ4v) is 1.96. The van der Waals surface area contributed by atoms with E-state index >= 15 is 0 Å². The van der Waals surface area contributed by atoms with Crippen LogP contribution in [0.3, 0.4) is 0 Å². The Balaban J connectivity index is 2.16. The molecule has 0 saturated heterocycles. The van der Waals surface area contributed by atoms with E-state index in [0.717, 1.165) is 15.6 Å². The van der Waals surface area contributed by atoms with Crippen molar-refractivity contribution in [1.29, 1.82) is 0 Å². The van der Waals surface area contributed by atoms with Gasteiger partial charge in [0.05, 0.1) is 5.56 Å². The second-order valence-electron chi connectivity index (χ2n) is 3.82. The highest BCUT2D eigenvalue weighted by Crippen LogP contribution is 2.14. The minimum absolute atomic E-state index is 0.301. The molecule has 0 bridgehead atoms. The largest absolute Gasteiger partial charge is 0.478 e. The van der Waals surface area contributed by atoms with Crippen molar-refractivity contribution in [3.05, 3.63) is 69.7 Å². The van der Waals surface area contributed by atoms with Gasteiger partial charge in [-0.15, -0.1) is 0 Å². The van der Waals surface area contributed by atoms with Crippen LogP contribution >= 0.6 is 15.9 Å². The molecule has 0 aliphatic carbocycles. The van der Waals surface area contributed by atoms with E-state index in [1.807, 2.05) is 36.4 Å². The number of rotatable bonds is 3. The molecule has 0 fully saturated rings. The zero-order valence-electron chi connectivity index (χ0n) is 9.51. The van der Waals surface area contributed by atoms with Crippen LogP contribution in [0.5, 0.6) is 0 Å². The molecule has 2 aromatic rings. The zero-order chi connectivity index (χ0) is 13.0. The molecule has 1 N–H and O–H groups in total. The van der Waals surface area contributed by atoms with Gasteiger partial charge in [0, 0.05) is 4.47 Å². The number of benzene rings is 2. The Bertz CT molecular complexity index is 586. The van der Waals surface area contributed by atoms with Crippen LogP contribution in [0.25, 0.3) is 12.2 Å². The first-order valence-electron chi connectivity index (χ1n) is 5.42. The van der Waals surface area contributed by atoms with Crippen molar-refractivity contribution in [1.82, 2.24) is 0 Å². The monoisotopic (exact) mass is 302 g/mol. The lowest BCUT2D eigenvalue weighted by Crippen LogP contribution is -1.94. The van der Waals surface area contributed by atoms with Gasteiger partial charge in [-0.25, -0.2) is 4.79 Å². The number of carboxylic acids is 1. The number of halogens is 1. The van der Waals surface area contributed by atoms with Gasteiger partial charge in [-0.1, -0.05) is 52.3 Å². The summed E-state index contributed by atoms with van der Waals surface area (Å²) in [7, 11) is 0. The van der Waals surface area contributed by atoms with E-state index in [2.05, 4.69) is 15.9 Å². The Morgan fingerprint density at radius 3 is 2.28 bits per heavy atom. The van der Waals surface area contributed by atoms with Crippen molar-refractivity contribution in [2.45, 2.75) is 0 Å². The molecule has 0 atom stereocenters. The van der Waals surface area contributed by atoms with E-state index < -0.39 is 5.97 Å². The second-order valence-corrected chi connectivity index (χ2v) is 4.73. The Kier molecular flexibility index (Phi) is 3.95. The predicted octanol–water partition coefficient (Wildman–Crippen LogP) is 4.32. The molecule has 90 valence electrons. The van der Waals surface area contributed by atoms with Gasteiger partial charge in [0.25, 0.3) is 0 Å². The van der Waals surface area contributed by atoms with Crippen LogP contribution in [0.1, 0.15) is 21.5 Å². The van der Waals surface area contributed by atoms with Crippen molar-refractivity contribution < 1.29 is 9.90 Å². The van der Waals surface area contributed by atoms with Gasteiger partial charge >= 0.3 is 5.97 Å². The third-order valence-corrected chi connectivity index (χ3v) is 2.97. The molecule has 0 radical (unpaired) electrons. The highest BCUT2D eigenvalue weighted by atomic mass is 79.9. The molecule has 0 heterocycles. The number of hydrogen-bond acceptors (Lipinski definition) is 1. The lowest BCUT2D eigenvalue weighted by atomic mass is 10.1. The Morgan fingerprint density at radius 2 is 1.67 bits per heavy atom. The maximum Gasteiger partial charge on any atom is 0.335 e. The maximum atomic E-state index is 10.7. The van der Waals surface area contributed by atoms with E-state index in [4.69, 9.17) is 5.11 Å². The van der Waals surface area contributed by atoms with Crippen LogP contribution in [0, 0.1) is 0 Å². The molecule has 0 saturated carbocycles. The molecule has 0 spiro atoms. The van der Waals surface area contributed by atoms with Gasteiger partial charge in [0.2, 0.25) is 0 Å². The molecule has 2 rings (SSSR count). The number of hydrogen-bond donors (Lipinski definition) is 1. The Morgan fingerprint density at radius 1 is 1.00 bits per heavy atom. The predicted molar refractivity (Wildman–Crippen MR) is 76.5 cm³/mol. The van der Waals surface area contributed by atoms with Crippen molar-refractivity contribution in [3.63, 3.8) is 0 Å². The van der Waals surface area contributed by atoms with E-state index in [1.165, 1.54) is 0 Å². The molecule has 0 aliphatic rings. The van der Waals surface area contributed by atoms with Crippen LogP contribution < -0.4 is 0 Å². The first kappa shape index (κ1) is 12.6. The van der Waals surface area contributed by atoms with Crippen molar-refractivity contribution >= 4 is 34.1 Å². The summed E-state index contributed by atoms with van der Waals surface area (Å²) in [5.41, 5.74) is 2.36. The van der Waals surface area contributed by atoms with Crippen LogP contribution in [0.2, 0.25) is 0 Å². The van der Waals surface area contributed by atoms with E-state index in [1.54, 1.807) is 24.3 Å². The van der Waals surface area contributed by atoms with Crippen LogP contribution in [-0.2, 0) is 0 Å². The fourth-order valence-electron chi connectivity index (χ4n) is 1.54. The maximum absolute atomic E-state index is 10.7. The van der Waals surface area contributed by atoms with E-state index in [-0.39, 0.29) is 0 Å². The highest BCUT2D eigenvalue weighted by Gasteiger charge is 1.99. The van der Waals surface area contributed by atoms with Crippen LogP contribution in [0.4, 0.5) is 0 Å². The van der Waals surface area contributed by atoms with Crippen molar-refractivity contribution in [3.8, 4) is 0 Å². The van der Waals surface area contributed by atoms with Gasteiger partial charge < -0.3 is 5.11 Å². The minimum atomic E-state index is -0.905. The standard InChI is InChI=1S/C15H11BrO2/c16-14-3-1-2-12(10-14)5-4-11-6-8-13(9-7-11)15(17)18/h1-10H,(H,17,18). The van der Waals surface area contributed by atoms with Crippen molar-refractivity contribution in [2.75, 3.05) is 0 Å². The highest BCUT2D eigenvalue weighted by molar-refractivity contribution is 9.10. The first-order valence-corrected chi connectivity index (χ1v) is 6.21. The average molecular weight is 303 g/mol. The summed E-state index contributed by atoms with van der Waals surface area (Å²) in [6.45, 7) is 0. The van der Waals surface area contributed by atoms with E-state index in [9.17, 15) is 4.79 Å². The second kappa shape index (κ2) is 5.65. The third kappa shape index (κ3) is 3.31. The van der Waals surface area contributed by atoms with Crippen LogP contribution in [-0.4, -0.2) is 11.1 Å². The molecule has 0 amide bonds. The topological polar surface area (TPSA) is 37.3 Å². The lowest BCUT2D eigenvalue weighted by molar-refractivity contribution is 0.0697. The normalized spacial score (nSPS) is 10.7. The third-order valence-electron chi connectivity index (χ3n) is 2.47. The number of carbonyl (C=O) groups is 1. The van der Waals surface area contributed by atoms with Gasteiger partial charge in [0.1, 0.15) is 0 Å². The molecular weight excluding hydrogens is 292 g/mol. The smallest absolute Gasteiger partial charge is 0.335 e. The zero-order valence-corrected chi connectivity index (χ0v) is 11.1. The van der Waals surface area contributed by atoms with Gasteiger partial charge in [-0.05, 0) is 35.4 Å². The molecule has 0 aromatic heterocycles. The van der Waals surface area contributed by atoms with Crippen molar-refractivity contribution in [2.24, 2.45) is 0 Å². The number of aromatic carboxylic acids is 1. The molecule has 3 heteroatoms. The molecule has 2 nitrogen and oxygen atoms in total. The van der Waals surface area contributed by atoms with E-state index in [0.29, 0.717) is 5.56 Å². The summed E-state index contributed by atoms with van der Waals surface area (Å²) in [5.74, 6) is -0.905. The summed E-state index contributed by atoms with van der Waals surface area (Å²) < 4.78 is 1.03. The first-order chi connectivity index (χ1) is 8.65. The molecular formula is C15H11BrO2. The SMILES string of the molecule is O=C(O)c1ccc(C=Cc2cccc(Br)c2)cc1. The quantitative estimate of drug-likeness (QED) is 0.858. The summed E-state index contributed by atoms with van der Waals surface area (Å²) in [6, 6.07) is 14.7.